The molecule has 15 heteroatoms. The number of hydrogen-bond acceptors (Lipinski definition) is 9. The molecule has 0 unspecified atom stereocenters. The normalized spacial score (nSPS) is 13.3. The van der Waals surface area contributed by atoms with Gasteiger partial charge in [-0.3, -0.25) is 4.79 Å². The molecule has 11 nitrogen and oxygen atoms in total. The fourth-order valence-corrected chi connectivity index (χ4v) is 5.65. The van der Waals surface area contributed by atoms with Crippen LogP contribution in [0.25, 0.3) is 0 Å². The van der Waals surface area contributed by atoms with Crippen LogP contribution in [0.3, 0.4) is 0 Å². The van der Waals surface area contributed by atoms with Crippen molar-refractivity contribution in [2.75, 3.05) is 10.6 Å². The molecule has 1 amide bonds. The Morgan fingerprint density at radius 1 is 1.03 bits per heavy atom. The molecule has 0 aliphatic heterocycles. The average molecular weight is 573 g/mol. The molecule has 1 fully saturated rings. The van der Waals surface area contributed by atoms with E-state index in [1.165, 1.54) is 25.1 Å². The van der Waals surface area contributed by atoms with E-state index in [4.69, 9.17) is 0 Å². The number of halogens is 1. The number of nitrogens with one attached hydrogen (secondary N) is 4. The third-order valence-corrected chi connectivity index (χ3v) is 8.64. The van der Waals surface area contributed by atoms with E-state index < -0.39 is 31.8 Å². The Bertz CT molecular complexity index is 1520. The van der Waals surface area contributed by atoms with Crippen LogP contribution in [0.1, 0.15) is 31.7 Å². The Morgan fingerprint density at radius 2 is 1.74 bits per heavy atom. The van der Waals surface area contributed by atoms with Crippen molar-refractivity contribution in [1.29, 1.82) is 0 Å². The zero-order valence-electron chi connectivity index (χ0n) is 19.7. The van der Waals surface area contributed by atoms with E-state index in [0.29, 0.717) is 24.2 Å². The van der Waals surface area contributed by atoms with E-state index in [1.807, 2.05) is 4.72 Å². The summed E-state index contributed by atoms with van der Waals surface area (Å²) in [5.41, 5.74) is 1.56. The summed E-state index contributed by atoms with van der Waals surface area (Å²) in [6, 6.07) is 12.4. The summed E-state index contributed by atoms with van der Waals surface area (Å²) in [4.78, 5) is 19.4. The Balaban J connectivity index is 0.00000400. The predicted molar refractivity (Wildman–Crippen MR) is 143 cm³/mol. The van der Waals surface area contributed by atoms with Crippen LogP contribution in [0.15, 0.2) is 59.6 Å². The molecule has 0 radical (unpaired) electrons. The SMILES string of the molecule is CCC(=O)NS(=O)(=O)c1cccc(Nc2ncc(F)c(Nc3ccc(CNS(=O)(=O)C4CC4)cc3)n2)c1.[NaH]. The van der Waals surface area contributed by atoms with Crippen molar-refractivity contribution in [3.05, 3.63) is 66.1 Å². The Hall–Kier alpha value is -2.62. The Kier molecular flexibility index (Phi) is 9.84. The summed E-state index contributed by atoms with van der Waals surface area (Å²) in [5, 5.41) is 5.36. The van der Waals surface area contributed by atoms with Crippen molar-refractivity contribution >= 4 is 78.7 Å². The van der Waals surface area contributed by atoms with E-state index in [9.17, 15) is 26.0 Å². The van der Waals surface area contributed by atoms with E-state index in [1.54, 1.807) is 30.3 Å². The summed E-state index contributed by atoms with van der Waals surface area (Å²) in [7, 11) is -7.34. The van der Waals surface area contributed by atoms with Crippen molar-refractivity contribution < 1.29 is 26.0 Å². The molecular weight excluding hydrogens is 546 g/mol. The topological polar surface area (TPSA) is 159 Å². The third kappa shape index (κ3) is 7.94. The van der Waals surface area contributed by atoms with Gasteiger partial charge >= 0.3 is 29.6 Å². The number of rotatable bonds is 11. The molecule has 1 aliphatic rings. The zero-order chi connectivity index (χ0) is 26.6. The number of hydrogen-bond donors (Lipinski definition) is 4. The number of aromatic nitrogens is 2. The molecule has 0 bridgehead atoms. The van der Waals surface area contributed by atoms with Crippen molar-refractivity contribution in [2.45, 2.75) is 42.9 Å². The van der Waals surface area contributed by atoms with E-state index >= 15 is 0 Å². The Labute approximate surface area is 242 Å². The molecule has 38 heavy (non-hydrogen) atoms. The molecule has 4 rings (SSSR count). The molecule has 3 aromatic rings. The molecule has 0 saturated heterocycles. The molecular formula is C23H26FN6NaO5S2. The van der Waals surface area contributed by atoms with Crippen LogP contribution >= 0.6 is 0 Å². The van der Waals surface area contributed by atoms with E-state index in [-0.39, 0.29) is 64.4 Å². The first kappa shape index (κ1) is 29.9. The third-order valence-electron chi connectivity index (χ3n) is 5.37. The van der Waals surface area contributed by atoms with Crippen molar-refractivity contribution in [1.82, 2.24) is 19.4 Å². The maximum atomic E-state index is 14.4. The van der Waals surface area contributed by atoms with Gasteiger partial charge in [-0.15, -0.1) is 0 Å². The summed E-state index contributed by atoms with van der Waals surface area (Å²) in [6.45, 7) is 1.69. The first-order chi connectivity index (χ1) is 17.6. The van der Waals surface area contributed by atoms with Crippen LogP contribution in [0, 0.1) is 5.82 Å². The van der Waals surface area contributed by atoms with Gasteiger partial charge in [0.1, 0.15) is 0 Å². The molecule has 2 aromatic carbocycles. The van der Waals surface area contributed by atoms with Gasteiger partial charge < -0.3 is 10.6 Å². The fraction of sp³-hybridized carbons (Fsp3) is 0.261. The average Bonchev–Trinajstić information content (AvgIpc) is 3.72. The van der Waals surface area contributed by atoms with Crippen molar-refractivity contribution in [3.8, 4) is 0 Å². The maximum absolute atomic E-state index is 14.4. The number of benzene rings is 2. The summed E-state index contributed by atoms with van der Waals surface area (Å²) >= 11 is 0. The number of amides is 1. The van der Waals surface area contributed by atoms with Gasteiger partial charge in [0.05, 0.1) is 16.3 Å². The second kappa shape index (κ2) is 12.5. The van der Waals surface area contributed by atoms with Crippen LogP contribution in [-0.4, -0.2) is 67.5 Å². The predicted octanol–water partition coefficient (Wildman–Crippen LogP) is 2.25. The first-order valence-corrected chi connectivity index (χ1v) is 14.4. The molecule has 1 aliphatic carbocycles. The number of anilines is 4. The summed E-state index contributed by atoms with van der Waals surface area (Å²) in [6.07, 6.45) is 2.33. The molecule has 4 N–H and O–H groups in total. The van der Waals surface area contributed by atoms with Crippen LogP contribution in [0.5, 0.6) is 0 Å². The summed E-state index contributed by atoms with van der Waals surface area (Å²) in [5.74, 6) is -1.48. The fourth-order valence-electron chi connectivity index (χ4n) is 3.19. The van der Waals surface area contributed by atoms with Crippen molar-refractivity contribution in [2.24, 2.45) is 0 Å². The van der Waals surface area contributed by atoms with E-state index in [0.717, 1.165) is 11.8 Å². The summed E-state index contributed by atoms with van der Waals surface area (Å²) < 4.78 is 67.6. The number of carbonyl (C=O) groups is 1. The number of carbonyl (C=O) groups excluding carboxylic acids is 1. The van der Waals surface area contributed by atoms with Gasteiger partial charge in [0.25, 0.3) is 10.0 Å². The molecule has 0 spiro atoms. The number of sulfonamides is 2. The molecule has 1 aromatic heterocycles. The van der Waals surface area contributed by atoms with Crippen LogP contribution in [0.4, 0.5) is 27.5 Å². The van der Waals surface area contributed by atoms with E-state index in [2.05, 4.69) is 25.3 Å². The Morgan fingerprint density at radius 3 is 2.39 bits per heavy atom. The van der Waals surface area contributed by atoms with Crippen LogP contribution in [0.2, 0.25) is 0 Å². The number of nitrogens with zero attached hydrogens (tertiary/aromatic N) is 2. The van der Waals surface area contributed by atoms with Gasteiger partial charge in [0.2, 0.25) is 21.9 Å². The van der Waals surface area contributed by atoms with Gasteiger partial charge in [-0.1, -0.05) is 25.1 Å². The quantitative estimate of drug-likeness (QED) is 0.253. The standard InChI is InChI=1S/C23H25FN6O5S2.Na.H/c1-2-21(31)30-37(34,35)19-5-3-4-17(12-19)28-23-25-14-20(24)22(29-23)27-16-8-6-15(7-9-16)13-26-36(32,33)18-10-11-18;;/h3-9,12,14,18,26H,2,10-11,13H2,1H3,(H,30,31)(H2,25,27,28,29);;. The van der Waals surface area contributed by atoms with Crippen molar-refractivity contribution in [3.63, 3.8) is 0 Å². The van der Waals surface area contributed by atoms with Gasteiger partial charge in [-0.25, -0.2) is 35.7 Å². The second-order valence-corrected chi connectivity index (χ2v) is 12.0. The van der Waals surface area contributed by atoms with Gasteiger partial charge in [0, 0.05) is 24.3 Å². The van der Waals surface area contributed by atoms with Gasteiger partial charge in [-0.2, -0.15) is 4.98 Å². The van der Waals surface area contributed by atoms with Gasteiger partial charge in [0.15, 0.2) is 11.6 Å². The van der Waals surface area contributed by atoms with Gasteiger partial charge in [-0.05, 0) is 48.7 Å². The molecule has 0 atom stereocenters. The second-order valence-electron chi connectivity index (χ2n) is 8.31. The minimum absolute atomic E-state index is 0. The monoisotopic (exact) mass is 572 g/mol. The molecule has 198 valence electrons. The first-order valence-electron chi connectivity index (χ1n) is 11.4. The minimum atomic E-state index is -4.05. The van der Waals surface area contributed by atoms with Crippen LogP contribution in [-0.2, 0) is 31.4 Å². The zero-order valence-corrected chi connectivity index (χ0v) is 21.4. The molecule has 1 heterocycles. The molecule has 1 saturated carbocycles. The van der Waals surface area contributed by atoms with Crippen LogP contribution < -0.4 is 20.1 Å².